The normalized spacial score (nSPS) is 14.8. The van der Waals surface area contributed by atoms with Crippen LogP contribution in [0.2, 0.25) is 0 Å². The molecule has 0 aromatic carbocycles. The van der Waals surface area contributed by atoms with Crippen molar-refractivity contribution in [1.29, 1.82) is 0 Å². The molecule has 0 unspecified atom stereocenters. The predicted octanol–water partition coefficient (Wildman–Crippen LogP) is 1.73. The maximum atomic E-state index is 4.39. The molecule has 102 valence electrons. The summed E-state index contributed by atoms with van der Waals surface area (Å²) in [6.45, 7) is 0.650. The molecule has 0 amide bonds. The Kier molecular flexibility index (Phi) is 2.48. The summed E-state index contributed by atoms with van der Waals surface area (Å²) in [6, 6.07) is 4.00. The van der Waals surface area contributed by atoms with Gasteiger partial charge in [-0.1, -0.05) is 0 Å². The van der Waals surface area contributed by atoms with E-state index in [0.717, 1.165) is 17.3 Å². The van der Waals surface area contributed by atoms with Crippen molar-refractivity contribution in [2.75, 3.05) is 0 Å². The van der Waals surface area contributed by atoms with E-state index in [1.807, 2.05) is 53.2 Å². The van der Waals surface area contributed by atoms with Gasteiger partial charge in [-0.25, -0.2) is 0 Å². The van der Waals surface area contributed by atoms with Crippen molar-refractivity contribution in [3.05, 3.63) is 48.6 Å². The van der Waals surface area contributed by atoms with Crippen molar-refractivity contribution in [2.24, 2.45) is 7.05 Å². The van der Waals surface area contributed by atoms with E-state index in [1.54, 1.807) is 0 Å². The van der Waals surface area contributed by atoms with Crippen molar-refractivity contribution in [3.63, 3.8) is 0 Å². The lowest BCUT2D eigenvalue weighted by atomic mass is 10.4. The molecule has 4 rings (SSSR count). The van der Waals surface area contributed by atoms with E-state index in [0.29, 0.717) is 12.5 Å². The highest BCUT2D eigenvalue weighted by Gasteiger charge is 2.29. The van der Waals surface area contributed by atoms with Crippen LogP contribution in [0.3, 0.4) is 0 Å². The van der Waals surface area contributed by atoms with Gasteiger partial charge in [0.05, 0.1) is 11.9 Å². The molecule has 0 saturated heterocycles. The van der Waals surface area contributed by atoms with Crippen LogP contribution in [-0.4, -0.2) is 29.1 Å². The summed E-state index contributed by atoms with van der Waals surface area (Å²) >= 11 is 0. The van der Waals surface area contributed by atoms with E-state index in [-0.39, 0.29) is 0 Å². The van der Waals surface area contributed by atoms with E-state index in [9.17, 15) is 0 Å². The highest BCUT2D eigenvalue weighted by atomic mass is 15.3. The number of hydrogen-bond donors (Lipinski definition) is 0. The topological polar surface area (TPSA) is 53.5 Å². The quantitative estimate of drug-likeness (QED) is 0.724. The maximum Gasteiger partial charge on any atom is 0.154 e. The summed E-state index contributed by atoms with van der Waals surface area (Å²) in [6.07, 6.45) is 10.4. The molecule has 1 aliphatic rings. The van der Waals surface area contributed by atoms with E-state index in [2.05, 4.69) is 19.9 Å². The molecule has 0 atom stereocenters. The van der Waals surface area contributed by atoms with Gasteiger partial charge >= 0.3 is 0 Å². The molecule has 3 aromatic rings. The summed E-state index contributed by atoms with van der Waals surface area (Å²) in [7, 11) is 2.04. The van der Waals surface area contributed by atoms with E-state index in [1.165, 1.54) is 12.8 Å². The minimum atomic E-state index is 0.620. The fraction of sp³-hybridized carbons (Fsp3) is 0.357. The zero-order valence-corrected chi connectivity index (χ0v) is 11.3. The Labute approximate surface area is 116 Å². The van der Waals surface area contributed by atoms with Crippen LogP contribution >= 0.6 is 0 Å². The predicted molar refractivity (Wildman–Crippen MR) is 73.6 cm³/mol. The fourth-order valence-corrected chi connectivity index (χ4v) is 2.43. The second-order valence-corrected chi connectivity index (χ2v) is 5.29. The van der Waals surface area contributed by atoms with Crippen LogP contribution in [0.4, 0.5) is 0 Å². The molecule has 0 spiro atoms. The van der Waals surface area contributed by atoms with E-state index < -0.39 is 0 Å². The Morgan fingerprint density at radius 1 is 1.20 bits per heavy atom. The zero-order chi connectivity index (χ0) is 13.5. The third-order valence-corrected chi connectivity index (χ3v) is 3.77. The minimum Gasteiger partial charge on any atom is -0.321 e. The van der Waals surface area contributed by atoms with Crippen molar-refractivity contribution in [3.8, 4) is 5.69 Å². The van der Waals surface area contributed by atoms with Gasteiger partial charge in [0, 0.05) is 31.6 Å². The average Bonchev–Trinajstić information content (AvgIpc) is 2.89. The van der Waals surface area contributed by atoms with Crippen molar-refractivity contribution in [2.45, 2.75) is 25.3 Å². The molecule has 1 aliphatic carbocycles. The first-order valence-corrected chi connectivity index (χ1v) is 6.85. The lowest BCUT2D eigenvalue weighted by Gasteiger charge is -2.03. The molecule has 6 nitrogen and oxygen atoms in total. The van der Waals surface area contributed by atoms with Crippen molar-refractivity contribution >= 4 is 0 Å². The van der Waals surface area contributed by atoms with Gasteiger partial charge in [0.1, 0.15) is 12.4 Å². The van der Waals surface area contributed by atoms with Crippen molar-refractivity contribution < 1.29 is 0 Å². The zero-order valence-electron chi connectivity index (χ0n) is 11.3. The smallest absolute Gasteiger partial charge is 0.154 e. The minimum absolute atomic E-state index is 0.620. The second-order valence-electron chi connectivity index (χ2n) is 5.29. The molecule has 0 N–H and O–H groups in total. The van der Waals surface area contributed by atoms with E-state index >= 15 is 0 Å². The van der Waals surface area contributed by atoms with Crippen LogP contribution < -0.4 is 0 Å². The fourth-order valence-electron chi connectivity index (χ4n) is 2.43. The molecule has 20 heavy (non-hydrogen) atoms. The average molecular weight is 268 g/mol. The molecular formula is C14H16N6. The van der Waals surface area contributed by atoms with Crippen LogP contribution in [0, 0.1) is 0 Å². The Morgan fingerprint density at radius 2 is 2.00 bits per heavy atom. The third kappa shape index (κ3) is 1.93. The van der Waals surface area contributed by atoms with Gasteiger partial charge in [0.2, 0.25) is 0 Å². The molecular weight excluding hydrogens is 252 g/mol. The number of hydrogen-bond acceptors (Lipinski definition) is 3. The standard InChI is InChI=1S/C14H16N6/c1-18-13(16-17-14(18)11-4-5-11)10-20-9-12(8-15-20)19-6-2-3-7-19/h2-3,6-9,11H,4-5,10H2,1H3. The monoisotopic (exact) mass is 268 g/mol. The first kappa shape index (κ1) is 11.5. The van der Waals surface area contributed by atoms with Gasteiger partial charge in [-0.15, -0.1) is 10.2 Å². The Hall–Kier alpha value is -2.37. The molecule has 0 radical (unpaired) electrons. The summed E-state index contributed by atoms with van der Waals surface area (Å²) in [5.74, 6) is 2.68. The Balaban J connectivity index is 1.57. The number of aromatic nitrogens is 6. The Morgan fingerprint density at radius 3 is 2.75 bits per heavy atom. The van der Waals surface area contributed by atoms with Crippen LogP contribution in [-0.2, 0) is 13.6 Å². The lowest BCUT2D eigenvalue weighted by molar-refractivity contribution is 0.624. The maximum absolute atomic E-state index is 4.39. The summed E-state index contributed by atoms with van der Waals surface area (Å²) < 4.78 is 6.04. The van der Waals surface area contributed by atoms with Crippen LogP contribution in [0.25, 0.3) is 5.69 Å². The van der Waals surface area contributed by atoms with Crippen molar-refractivity contribution in [1.82, 2.24) is 29.1 Å². The summed E-state index contributed by atoms with van der Waals surface area (Å²) in [4.78, 5) is 0. The lowest BCUT2D eigenvalue weighted by Crippen LogP contribution is -2.07. The van der Waals surface area contributed by atoms with Gasteiger partial charge < -0.3 is 9.13 Å². The van der Waals surface area contributed by atoms with Gasteiger partial charge in [0.25, 0.3) is 0 Å². The molecule has 3 heterocycles. The highest BCUT2D eigenvalue weighted by molar-refractivity contribution is 5.26. The first-order valence-electron chi connectivity index (χ1n) is 6.85. The number of nitrogens with zero attached hydrogens (tertiary/aromatic N) is 6. The Bertz CT molecular complexity index is 717. The third-order valence-electron chi connectivity index (χ3n) is 3.77. The molecule has 1 saturated carbocycles. The summed E-state index contributed by atoms with van der Waals surface area (Å²) in [5, 5.41) is 13.0. The SMILES string of the molecule is Cn1c(Cn2cc(-n3cccc3)cn2)nnc1C1CC1. The molecule has 3 aromatic heterocycles. The first-order chi connectivity index (χ1) is 9.81. The molecule has 0 bridgehead atoms. The van der Waals surface area contributed by atoms with Gasteiger partial charge in [0.15, 0.2) is 5.82 Å². The van der Waals surface area contributed by atoms with E-state index in [4.69, 9.17) is 0 Å². The molecule has 0 aliphatic heterocycles. The van der Waals surface area contributed by atoms with Gasteiger partial charge in [-0.3, -0.25) is 4.68 Å². The van der Waals surface area contributed by atoms with Crippen LogP contribution in [0.5, 0.6) is 0 Å². The summed E-state index contributed by atoms with van der Waals surface area (Å²) in [5.41, 5.74) is 1.06. The molecule has 6 heteroatoms. The van der Waals surface area contributed by atoms with Crippen LogP contribution in [0.15, 0.2) is 36.9 Å². The molecule has 1 fully saturated rings. The largest absolute Gasteiger partial charge is 0.321 e. The van der Waals surface area contributed by atoms with Crippen LogP contribution in [0.1, 0.15) is 30.4 Å². The van der Waals surface area contributed by atoms with Gasteiger partial charge in [-0.05, 0) is 25.0 Å². The number of rotatable bonds is 4. The second kappa shape index (κ2) is 4.33. The van der Waals surface area contributed by atoms with Gasteiger partial charge in [-0.2, -0.15) is 5.10 Å². The highest BCUT2D eigenvalue weighted by Crippen LogP contribution is 2.38.